The Kier molecular flexibility index (Phi) is 5.24. The Bertz CT molecular complexity index is 1120. The molecule has 1 aromatic heterocycles. The Morgan fingerprint density at radius 2 is 1.97 bits per heavy atom. The van der Waals surface area contributed by atoms with Crippen LogP contribution in [0.5, 0.6) is 0 Å². The van der Waals surface area contributed by atoms with E-state index in [4.69, 9.17) is 16.3 Å². The second-order valence-electron chi connectivity index (χ2n) is 6.94. The number of esters is 1. The van der Waals surface area contributed by atoms with Crippen molar-refractivity contribution in [3.05, 3.63) is 89.0 Å². The fraction of sp³-hybridized carbons (Fsp3) is 0.182. The largest absolute Gasteiger partial charge is 0.461 e. The van der Waals surface area contributed by atoms with Crippen LogP contribution in [0.25, 0.3) is 5.69 Å². The molecule has 154 valence electrons. The van der Waals surface area contributed by atoms with Crippen molar-refractivity contribution in [2.75, 3.05) is 11.6 Å². The highest BCUT2D eigenvalue weighted by Gasteiger charge is 2.29. The maximum absolute atomic E-state index is 14.1. The molecule has 0 unspecified atom stereocenters. The van der Waals surface area contributed by atoms with Gasteiger partial charge in [0.25, 0.3) is 0 Å². The third-order valence-electron chi connectivity index (χ3n) is 5.03. The minimum atomic E-state index is -0.527. The predicted molar refractivity (Wildman–Crippen MR) is 111 cm³/mol. The van der Waals surface area contributed by atoms with Gasteiger partial charge in [-0.2, -0.15) is 0 Å². The van der Waals surface area contributed by atoms with Crippen LogP contribution in [-0.2, 0) is 17.6 Å². The van der Waals surface area contributed by atoms with Crippen molar-refractivity contribution in [1.82, 2.24) is 9.55 Å². The summed E-state index contributed by atoms with van der Waals surface area (Å²) >= 11 is 0. The van der Waals surface area contributed by atoms with E-state index in [9.17, 15) is 9.18 Å². The number of halogens is 1. The fourth-order valence-electron chi connectivity index (χ4n) is 3.59. The van der Waals surface area contributed by atoms with Crippen molar-refractivity contribution >= 4 is 11.7 Å². The van der Waals surface area contributed by atoms with Gasteiger partial charge in [-0.1, -0.05) is 30.3 Å². The maximum atomic E-state index is 14.1. The van der Waals surface area contributed by atoms with Crippen LogP contribution in [0.4, 0.5) is 10.1 Å². The molecule has 2 heterocycles. The second-order valence-corrected chi connectivity index (χ2v) is 6.94. The summed E-state index contributed by atoms with van der Waals surface area (Å²) in [6.07, 6.45) is 2.21. The molecular formula is C22H22FN5O2. The second kappa shape index (κ2) is 8.00. The zero-order chi connectivity index (χ0) is 21.3. The number of imidazole rings is 1. The lowest BCUT2D eigenvalue weighted by Gasteiger charge is -2.23. The SMILES string of the molecule is CCOC(=O)c1ncn2c1C/C(=C(/N)Cc1ccccc1)N(N)c1cc(F)ccc1-2. The average Bonchev–Trinajstić information content (AvgIpc) is 3.11. The number of nitrogens with zero attached hydrogens (tertiary/aromatic N) is 3. The summed E-state index contributed by atoms with van der Waals surface area (Å²) in [5.74, 6) is 5.46. The zero-order valence-corrected chi connectivity index (χ0v) is 16.5. The van der Waals surface area contributed by atoms with Crippen molar-refractivity contribution in [3.8, 4) is 5.69 Å². The Balaban J connectivity index is 1.88. The van der Waals surface area contributed by atoms with E-state index in [1.165, 1.54) is 23.5 Å². The zero-order valence-electron chi connectivity index (χ0n) is 16.5. The molecule has 0 bridgehead atoms. The van der Waals surface area contributed by atoms with Crippen molar-refractivity contribution in [3.63, 3.8) is 0 Å². The normalized spacial score (nSPS) is 14.6. The first kappa shape index (κ1) is 19.7. The number of hydrogen-bond donors (Lipinski definition) is 2. The smallest absolute Gasteiger partial charge is 0.358 e. The van der Waals surface area contributed by atoms with E-state index in [-0.39, 0.29) is 18.7 Å². The molecule has 8 heteroatoms. The molecule has 0 atom stereocenters. The van der Waals surface area contributed by atoms with Gasteiger partial charge in [0.1, 0.15) is 12.1 Å². The molecule has 2 aromatic carbocycles. The van der Waals surface area contributed by atoms with E-state index >= 15 is 0 Å². The van der Waals surface area contributed by atoms with Crippen molar-refractivity contribution in [1.29, 1.82) is 0 Å². The summed E-state index contributed by atoms with van der Waals surface area (Å²) in [5.41, 5.74) is 10.4. The highest BCUT2D eigenvalue weighted by Crippen LogP contribution is 2.34. The molecule has 0 saturated heterocycles. The molecule has 1 aliphatic heterocycles. The van der Waals surface area contributed by atoms with E-state index in [1.807, 2.05) is 30.3 Å². The number of nitrogens with two attached hydrogens (primary N) is 2. The summed E-state index contributed by atoms with van der Waals surface area (Å²) in [4.78, 5) is 16.7. The molecule has 0 amide bonds. The van der Waals surface area contributed by atoms with E-state index < -0.39 is 11.8 Å². The minimum absolute atomic E-state index is 0.187. The molecule has 0 radical (unpaired) electrons. The lowest BCUT2D eigenvalue weighted by atomic mass is 10.1. The molecule has 1 aliphatic rings. The molecule has 3 aromatic rings. The number of hydrogen-bond acceptors (Lipinski definition) is 6. The molecular weight excluding hydrogens is 385 g/mol. The molecule has 4 N–H and O–H groups in total. The van der Waals surface area contributed by atoms with E-state index in [0.29, 0.717) is 34.9 Å². The fourth-order valence-corrected chi connectivity index (χ4v) is 3.59. The lowest BCUT2D eigenvalue weighted by molar-refractivity contribution is 0.0519. The van der Waals surface area contributed by atoms with Gasteiger partial charge >= 0.3 is 5.97 Å². The van der Waals surface area contributed by atoms with Crippen LogP contribution in [0, 0.1) is 5.82 Å². The van der Waals surface area contributed by atoms with Crippen LogP contribution in [0.3, 0.4) is 0 Å². The molecule has 0 saturated carbocycles. The summed E-state index contributed by atoms with van der Waals surface area (Å²) < 4.78 is 20.9. The molecule has 30 heavy (non-hydrogen) atoms. The number of fused-ring (bicyclic) bond motifs is 3. The van der Waals surface area contributed by atoms with Gasteiger partial charge in [-0.15, -0.1) is 0 Å². The van der Waals surface area contributed by atoms with Gasteiger partial charge in [0.05, 0.1) is 29.4 Å². The number of anilines is 1. The van der Waals surface area contributed by atoms with Crippen LogP contribution in [0.1, 0.15) is 28.7 Å². The van der Waals surface area contributed by atoms with Crippen molar-refractivity contribution in [2.24, 2.45) is 11.6 Å². The quantitative estimate of drug-likeness (QED) is 0.510. The predicted octanol–water partition coefficient (Wildman–Crippen LogP) is 2.84. The Morgan fingerprint density at radius 3 is 2.70 bits per heavy atom. The molecule has 0 aliphatic carbocycles. The van der Waals surface area contributed by atoms with Gasteiger partial charge < -0.3 is 10.5 Å². The number of carbonyl (C=O) groups excluding carboxylic acids is 1. The molecule has 4 rings (SSSR count). The molecule has 7 nitrogen and oxygen atoms in total. The first-order chi connectivity index (χ1) is 14.5. The van der Waals surface area contributed by atoms with Gasteiger partial charge in [0.2, 0.25) is 0 Å². The minimum Gasteiger partial charge on any atom is -0.461 e. The number of benzene rings is 2. The van der Waals surface area contributed by atoms with Gasteiger partial charge in [-0.05, 0) is 24.6 Å². The summed E-state index contributed by atoms with van der Waals surface area (Å²) in [5, 5.41) is 1.39. The topological polar surface area (TPSA) is 99.4 Å². The number of ether oxygens (including phenoxy) is 1. The van der Waals surface area contributed by atoms with Crippen LogP contribution >= 0.6 is 0 Å². The third kappa shape index (κ3) is 3.53. The Labute approximate surface area is 173 Å². The van der Waals surface area contributed by atoms with Crippen LogP contribution < -0.4 is 16.6 Å². The van der Waals surface area contributed by atoms with Gasteiger partial charge in [0, 0.05) is 24.6 Å². The summed E-state index contributed by atoms with van der Waals surface area (Å²) in [7, 11) is 0. The van der Waals surface area contributed by atoms with Crippen LogP contribution in [-0.4, -0.2) is 22.1 Å². The monoisotopic (exact) mass is 407 g/mol. The van der Waals surface area contributed by atoms with E-state index in [2.05, 4.69) is 4.98 Å². The number of hydrazine groups is 1. The van der Waals surface area contributed by atoms with Crippen molar-refractivity contribution in [2.45, 2.75) is 19.8 Å². The summed E-state index contributed by atoms with van der Waals surface area (Å²) in [6, 6.07) is 14.0. The number of allylic oxidation sites excluding steroid dienone is 2. The number of carbonyl (C=O) groups is 1. The first-order valence-corrected chi connectivity index (χ1v) is 9.59. The average molecular weight is 407 g/mol. The highest BCUT2D eigenvalue weighted by atomic mass is 19.1. The van der Waals surface area contributed by atoms with Crippen LogP contribution in [0.2, 0.25) is 0 Å². The van der Waals surface area contributed by atoms with E-state index in [0.717, 1.165) is 5.56 Å². The van der Waals surface area contributed by atoms with Crippen LogP contribution in [0.15, 0.2) is 66.3 Å². The number of rotatable bonds is 4. The summed E-state index contributed by atoms with van der Waals surface area (Å²) in [6.45, 7) is 1.96. The molecule has 0 spiro atoms. The first-order valence-electron chi connectivity index (χ1n) is 9.59. The number of aromatic nitrogens is 2. The van der Waals surface area contributed by atoms with Gasteiger partial charge in [-0.3, -0.25) is 9.58 Å². The Hall–Kier alpha value is -3.65. The Morgan fingerprint density at radius 1 is 1.20 bits per heavy atom. The van der Waals surface area contributed by atoms with Gasteiger partial charge in [-0.25, -0.2) is 20.0 Å². The lowest BCUT2D eigenvalue weighted by Crippen LogP contribution is -2.33. The van der Waals surface area contributed by atoms with Crippen molar-refractivity contribution < 1.29 is 13.9 Å². The maximum Gasteiger partial charge on any atom is 0.358 e. The molecule has 0 fully saturated rings. The van der Waals surface area contributed by atoms with E-state index in [1.54, 1.807) is 17.6 Å². The third-order valence-corrected chi connectivity index (χ3v) is 5.03. The van der Waals surface area contributed by atoms with Gasteiger partial charge in [0.15, 0.2) is 5.69 Å². The standard InChI is InChI=1S/C22H22FN5O2/c1-2-30-22(29)21-20-12-18(16(24)10-14-6-4-3-5-7-14)28(25)19-11-15(23)8-9-17(19)27(20)13-26-21/h3-9,11,13H,2,10,12,24-25H2,1H3/b18-16-. The highest BCUT2D eigenvalue weighted by molar-refractivity contribution is 5.89.